The molecule has 5 heteroatoms. The Balaban J connectivity index is 1.97. The van der Waals surface area contributed by atoms with E-state index in [1.165, 1.54) is 10.5 Å². The van der Waals surface area contributed by atoms with Crippen molar-refractivity contribution >= 4 is 39.0 Å². The largest absolute Gasteiger partial charge is 0.269 e. The molecule has 0 unspecified atom stereocenters. The van der Waals surface area contributed by atoms with Gasteiger partial charge in [0.15, 0.2) is 5.65 Å². The molecule has 3 aromatic rings. The summed E-state index contributed by atoms with van der Waals surface area (Å²) in [6, 6.07) is 10.4. The molecule has 0 fully saturated rings. The van der Waals surface area contributed by atoms with Gasteiger partial charge in [-0.15, -0.1) is 0 Å². The van der Waals surface area contributed by atoms with Crippen molar-refractivity contribution in [1.82, 2.24) is 13.9 Å². The molecule has 0 radical (unpaired) electrons. The molecule has 2 heterocycles. The van der Waals surface area contributed by atoms with E-state index in [1.54, 1.807) is 18.1 Å². The quantitative estimate of drug-likeness (QED) is 0.713. The Morgan fingerprint density at radius 2 is 1.94 bits per heavy atom. The number of rotatable bonds is 2. The smallest absolute Gasteiger partial charge is 0.169 e. The van der Waals surface area contributed by atoms with Gasteiger partial charge in [0.1, 0.15) is 10.1 Å². The van der Waals surface area contributed by atoms with Gasteiger partial charge < -0.3 is 0 Å². The van der Waals surface area contributed by atoms with E-state index in [1.807, 2.05) is 16.2 Å². The van der Waals surface area contributed by atoms with Crippen molar-refractivity contribution < 1.29 is 0 Å². The van der Waals surface area contributed by atoms with Crippen LogP contribution in [0.5, 0.6) is 0 Å². The Kier molecular flexibility index (Phi) is 3.09. The van der Waals surface area contributed by atoms with E-state index < -0.39 is 0 Å². The Labute approximate surface area is 118 Å². The Bertz CT molecular complexity index is 691. The zero-order valence-electron chi connectivity index (χ0n) is 9.67. The van der Waals surface area contributed by atoms with Gasteiger partial charge in [0.05, 0.1) is 6.20 Å². The van der Waals surface area contributed by atoms with Gasteiger partial charge in [-0.2, -0.15) is 0 Å². The van der Waals surface area contributed by atoms with E-state index in [0.29, 0.717) is 0 Å². The maximum Gasteiger partial charge on any atom is 0.169 e. The summed E-state index contributed by atoms with van der Waals surface area (Å²) in [6.45, 7) is 2.09. The lowest BCUT2D eigenvalue weighted by molar-refractivity contribution is 1.19. The molecular formula is C13H10BrN3S. The summed E-state index contributed by atoms with van der Waals surface area (Å²) < 4.78 is 2.78. The van der Waals surface area contributed by atoms with Crippen molar-refractivity contribution in [2.45, 2.75) is 11.8 Å². The number of fused-ring (bicyclic) bond motifs is 1. The lowest BCUT2D eigenvalue weighted by Crippen LogP contribution is -1.89. The first-order valence-corrected chi connectivity index (χ1v) is 7.03. The zero-order chi connectivity index (χ0) is 12.5. The summed E-state index contributed by atoms with van der Waals surface area (Å²) in [4.78, 5) is 9.94. The highest BCUT2D eigenvalue weighted by atomic mass is 79.9. The molecule has 0 atom stereocenters. The van der Waals surface area contributed by atoms with E-state index in [4.69, 9.17) is 0 Å². The molecule has 2 aromatic heterocycles. The summed E-state index contributed by atoms with van der Waals surface area (Å²) in [5.74, 6) is 0. The summed E-state index contributed by atoms with van der Waals surface area (Å²) >= 11 is 4.96. The maximum atomic E-state index is 4.39. The van der Waals surface area contributed by atoms with Gasteiger partial charge in [0, 0.05) is 11.1 Å². The minimum absolute atomic E-state index is 0.757. The number of benzene rings is 1. The lowest BCUT2D eigenvalue weighted by atomic mass is 10.2. The third-order valence-corrected chi connectivity index (χ3v) is 3.91. The normalized spacial score (nSPS) is 11.0. The van der Waals surface area contributed by atoms with E-state index in [-0.39, 0.29) is 0 Å². The van der Waals surface area contributed by atoms with Crippen molar-refractivity contribution in [3.8, 4) is 0 Å². The van der Waals surface area contributed by atoms with Gasteiger partial charge in [-0.3, -0.25) is 3.97 Å². The summed E-state index contributed by atoms with van der Waals surface area (Å²) in [5, 5.41) is 0. The van der Waals surface area contributed by atoms with Crippen molar-refractivity contribution in [2.24, 2.45) is 0 Å². The third-order valence-electron chi connectivity index (χ3n) is 2.55. The first-order valence-electron chi connectivity index (χ1n) is 5.47. The lowest BCUT2D eigenvalue weighted by Gasteiger charge is -2.03. The van der Waals surface area contributed by atoms with Crippen LogP contribution >= 0.6 is 27.9 Å². The fourth-order valence-corrected chi connectivity index (χ4v) is 2.78. The molecule has 0 aliphatic carbocycles. The Hall–Kier alpha value is -1.33. The van der Waals surface area contributed by atoms with Crippen LogP contribution in [0.1, 0.15) is 5.56 Å². The van der Waals surface area contributed by atoms with Crippen LogP contribution in [-0.2, 0) is 0 Å². The fraction of sp³-hybridized carbons (Fsp3) is 0.0769. The molecule has 0 saturated carbocycles. The van der Waals surface area contributed by atoms with Gasteiger partial charge >= 0.3 is 0 Å². The van der Waals surface area contributed by atoms with Crippen LogP contribution in [0.2, 0.25) is 0 Å². The van der Waals surface area contributed by atoms with Gasteiger partial charge in [-0.05, 0) is 53.0 Å². The molecule has 0 saturated heterocycles. The maximum absolute atomic E-state index is 4.39. The molecule has 0 amide bonds. The van der Waals surface area contributed by atoms with E-state index >= 15 is 0 Å². The molecule has 3 nitrogen and oxygen atoms in total. The van der Waals surface area contributed by atoms with Crippen molar-refractivity contribution in [2.75, 3.05) is 0 Å². The third kappa shape index (κ3) is 2.28. The molecular weight excluding hydrogens is 310 g/mol. The first-order chi connectivity index (χ1) is 8.72. The number of hydrogen-bond donors (Lipinski definition) is 0. The predicted molar refractivity (Wildman–Crippen MR) is 77.7 cm³/mol. The van der Waals surface area contributed by atoms with Crippen LogP contribution in [0, 0.1) is 6.92 Å². The SMILES string of the molecule is Cc1ccc(Sn2ccc3nc(Br)cnc32)cc1. The second kappa shape index (κ2) is 4.74. The van der Waals surface area contributed by atoms with Gasteiger partial charge in [-0.25, -0.2) is 9.97 Å². The van der Waals surface area contributed by atoms with Gasteiger partial charge in [0.25, 0.3) is 0 Å². The zero-order valence-corrected chi connectivity index (χ0v) is 12.1. The predicted octanol–water partition coefficient (Wildman–Crippen LogP) is 4.06. The number of halogens is 1. The number of nitrogens with zero attached hydrogens (tertiary/aromatic N) is 3. The number of hydrogen-bond acceptors (Lipinski definition) is 3. The summed E-state index contributed by atoms with van der Waals surface area (Å²) in [5.41, 5.74) is 3.04. The fourth-order valence-electron chi connectivity index (χ4n) is 1.65. The van der Waals surface area contributed by atoms with Crippen LogP contribution in [0.4, 0.5) is 0 Å². The summed E-state index contributed by atoms with van der Waals surface area (Å²) in [6.07, 6.45) is 3.70. The van der Waals surface area contributed by atoms with Crippen LogP contribution in [-0.4, -0.2) is 13.9 Å². The highest BCUT2D eigenvalue weighted by molar-refractivity contribution is 9.10. The average Bonchev–Trinajstić information content (AvgIpc) is 2.74. The van der Waals surface area contributed by atoms with E-state index in [9.17, 15) is 0 Å². The monoisotopic (exact) mass is 319 g/mol. The Morgan fingerprint density at radius 3 is 2.72 bits per heavy atom. The van der Waals surface area contributed by atoms with E-state index in [0.717, 1.165) is 15.8 Å². The standard InChI is InChI=1S/C13H10BrN3S/c1-9-2-4-10(5-3-9)18-17-7-6-11-13(17)15-8-12(14)16-11/h2-8H,1H3. The second-order valence-electron chi connectivity index (χ2n) is 3.95. The van der Waals surface area contributed by atoms with Crippen molar-refractivity contribution in [3.05, 3.63) is 52.9 Å². The molecule has 0 aliphatic heterocycles. The van der Waals surface area contributed by atoms with Crippen LogP contribution in [0.15, 0.2) is 52.2 Å². The summed E-state index contributed by atoms with van der Waals surface area (Å²) in [7, 11) is 0. The van der Waals surface area contributed by atoms with E-state index in [2.05, 4.69) is 57.1 Å². The molecule has 0 bridgehead atoms. The minimum atomic E-state index is 0.757. The highest BCUT2D eigenvalue weighted by Gasteiger charge is 2.05. The topological polar surface area (TPSA) is 30.7 Å². The highest BCUT2D eigenvalue weighted by Crippen LogP contribution is 2.25. The molecule has 18 heavy (non-hydrogen) atoms. The van der Waals surface area contributed by atoms with Crippen LogP contribution in [0.25, 0.3) is 11.2 Å². The molecule has 0 aliphatic rings. The van der Waals surface area contributed by atoms with Gasteiger partial charge in [0.2, 0.25) is 0 Å². The number of aromatic nitrogens is 3. The second-order valence-corrected chi connectivity index (χ2v) is 5.81. The van der Waals surface area contributed by atoms with Crippen molar-refractivity contribution in [3.63, 3.8) is 0 Å². The van der Waals surface area contributed by atoms with Gasteiger partial charge in [-0.1, -0.05) is 17.7 Å². The van der Waals surface area contributed by atoms with Crippen LogP contribution in [0.3, 0.4) is 0 Å². The Morgan fingerprint density at radius 1 is 1.17 bits per heavy atom. The molecule has 0 spiro atoms. The minimum Gasteiger partial charge on any atom is -0.269 e. The first kappa shape index (κ1) is 11.7. The number of aryl methyl sites for hydroxylation is 1. The molecule has 90 valence electrons. The molecule has 3 rings (SSSR count). The average molecular weight is 320 g/mol. The van der Waals surface area contributed by atoms with Crippen LogP contribution < -0.4 is 0 Å². The molecule has 0 N–H and O–H groups in total. The van der Waals surface area contributed by atoms with Crippen molar-refractivity contribution in [1.29, 1.82) is 0 Å². The molecule has 1 aromatic carbocycles.